The normalized spacial score (nSPS) is 26.3. The van der Waals surface area contributed by atoms with Crippen molar-refractivity contribution < 1.29 is 8.42 Å². The summed E-state index contributed by atoms with van der Waals surface area (Å²) >= 11 is 0. The van der Waals surface area contributed by atoms with Crippen molar-refractivity contribution in [3.05, 3.63) is 65.2 Å². The Hall–Kier alpha value is -1.69. The van der Waals surface area contributed by atoms with Gasteiger partial charge in [0.1, 0.15) is 0 Å². The van der Waals surface area contributed by atoms with Gasteiger partial charge in [0, 0.05) is 12.5 Å². The third-order valence-electron chi connectivity index (χ3n) is 5.09. The van der Waals surface area contributed by atoms with Gasteiger partial charge in [0.05, 0.1) is 15.7 Å². The van der Waals surface area contributed by atoms with Crippen molar-refractivity contribution in [2.45, 2.75) is 41.9 Å². The number of nitrogens with two attached hydrogens (primary N) is 2. The van der Waals surface area contributed by atoms with Gasteiger partial charge in [-0.05, 0) is 36.6 Å². The second-order valence-corrected chi connectivity index (χ2v) is 8.74. The molecule has 3 atom stereocenters. The number of hydrogen-bond acceptors (Lipinski definition) is 4. The van der Waals surface area contributed by atoms with Gasteiger partial charge >= 0.3 is 0 Å². The molecule has 0 aliphatic heterocycles. The van der Waals surface area contributed by atoms with Crippen LogP contribution in [0.4, 0.5) is 0 Å². The molecule has 3 rings (SSSR count). The lowest BCUT2D eigenvalue weighted by atomic mass is 10.0. The zero-order chi connectivity index (χ0) is 17.5. The van der Waals surface area contributed by atoms with Crippen molar-refractivity contribution in [2.24, 2.45) is 11.5 Å². The number of sulfone groups is 1. The Labute approximate surface area is 143 Å². The van der Waals surface area contributed by atoms with Crippen LogP contribution in [0.25, 0.3) is 0 Å². The van der Waals surface area contributed by atoms with Gasteiger partial charge in [-0.15, -0.1) is 0 Å². The topological polar surface area (TPSA) is 86.2 Å². The Morgan fingerprint density at radius 2 is 1.62 bits per heavy atom. The fourth-order valence-electron chi connectivity index (χ4n) is 3.45. The molecule has 0 bridgehead atoms. The van der Waals surface area contributed by atoms with Crippen LogP contribution in [0.3, 0.4) is 0 Å². The Bertz CT molecular complexity index is 829. The van der Waals surface area contributed by atoms with Crippen LogP contribution in [0, 0.1) is 6.92 Å². The monoisotopic (exact) mass is 344 g/mol. The third kappa shape index (κ3) is 2.66. The lowest BCUT2D eigenvalue weighted by Crippen LogP contribution is -2.39. The highest BCUT2D eigenvalue weighted by Crippen LogP contribution is 2.55. The van der Waals surface area contributed by atoms with Crippen LogP contribution in [0.1, 0.15) is 29.5 Å². The number of aryl methyl sites for hydroxylation is 2. The molecular formula is C19H24N2O2S. The molecule has 24 heavy (non-hydrogen) atoms. The quantitative estimate of drug-likeness (QED) is 0.870. The Morgan fingerprint density at radius 3 is 2.12 bits per heavy atom. The van der Waals surface area contributed by atoms with Crippen LogP contribution in [0.15, 0.2) is 53.4 Å². The zero-order valence-corrected chi connectivity index (χ0v) is 14.9. The summed E-state index contributed by atoms with van der Waals surface area (Å²) < 4.78 is 26.1. The second-order valence-electron chi connectivity index (χ2n) is 6.67. The summed E-state index contributed by atoms with van der Waals surface area (Å²) in [5.41, 5.74) is 14.5. The molecule has 4 nitrogen and oxygen atoms in total. The Morgan fingerprint density at radius 1 is 1.04 bits per heavy atom. The first-order valence-corrected chi connectivity index (χ1v) is 9.77. The fraction of sp³-hybridized carbons (Fsp3) is 0.368. The highest BCUT2D eigenvalue weighted by molar-refractivity contribution is 7.92. The van der Waals surface area contributed by atoms with E-state index in [2.05, 4.69) is 6.92 Å². The molecule has 0 radical (unpaired) electrons. The van der Waals surface area contributed by atoms with Gasteiger partial charge < -0.3 is 11.5 Å². The molecular weight excluding hydrogens is 320 g/mol. The number of benzene rings is 2. The van der Waals surface area contributed by atoms with E-state index in [1.165, 1.54) is 5.56 Å². The van der Waals surface area contributed by atoms with Crippen molar-refractivity contribution in [1.29, 1.82) is 0 Å². The molecule has 0 unspecified atom stereocenters. The molecule has 0 spiro atoms. The van der Waals surface area contributed by atoms with Gasteiger partial charge in [0.15, 0.2) is 9.84 Å². The third-order valence-corrected chi connectivity index (χ3v) is 7.40. The first kappa shape index (κ1) is 17.1. The lowest BCUT2D eigenvalue weighted by molar-refractivity contribution is 0.586. The van der Waals surface area contributed by atoms with Gasteiger partial charge in [-0.1, -0.05) is 48.9 Å². The lowest BCUT2D eigenvalue weighted by Gasteiger charge is -2.09. The molecule has 0 saturated heterocycles. The Kier molecular flexibility index (Phi) is 4.28. The van der Waals surface area contributed by atoms with Crippen LogP contribution in [0.5, 0.6) is 0 Å². The van der Waals surface area contributed by atoms with Crippen LogP contribution >= 0.6 is 0 Å². The first-order chi connectivity index (χ1) is 11.3. The van der Waals surface area contributed by atoms with E-state index in [1.807, 2.05) is 31.2 Å². The molecule has 1 saturated carbocycles. The second kappa shape index (κ2) is 5.99. The predicted octanol–water partition coefficient (Wildman–Crippen LogP) is 2.15. The molecule has 1 aliphatic carbocycles. The van der Waals surface area contributed by atoms with Crippen molar-refractivity contribution in [3.8, 4) is 0 Å². The summed E-state index contributed by atoms with van der Waals surface area (Å²) in [5, 5.41) is -0.676. The molecule has 5 heteroatoms. The molecule has 0 heterocycles. The fourth-order valence-corrected chi connectivity index (χ4v) is 5.77. The van der Waals surface area contributed by atoms with E-state index in [0.29, 0.717) is 4.90 Å². The van der Waals surface area contributed by atoms with Gasteiger partial charge in [-0.2, -0.15) is 0 Å². The molecule has 0 aromatic heterocycles. The summed E-state index contributed by atoms with van der Waals surface area (Å²) in [6.07, 6.45) is 0.945. The SMILES string of the molecule is CCc1ccc([C@H]2[C@@H](S(=O)(=O)c3ccc(C)cc3)[C@@]2(N)CN)cc1. The molecule has 128 valence electrons. The maximum Gasteiger partial charge on any atom is 0.183 e. The average molecular weight is 344 g/mol. The van der Waals surface area contributed by atoms with E-state index >= 15 is 0 Å². The average Bonchev–Trinajstić information content (AvgIpc) is 3.23. The maximum absolute atomic E-state index is 13.1. The molecule has 0 amide bonds. The molecule has 1 aliphatic rings. The highest BCUT2D eigenvalue weighted by atomic mass is 32.2. The molecule has 1 fully saturated rings. The highest BCUT2D eigenvalue weighted by Gasteiger charge is 2.68. The van der Waals surface area contributed by atoms with Gasteiger partial charge in [-0.25, -0.2) is 8.42 Å². The van der Waals surface area contributed by atoms with E-state index in [1.54, 1.807) is 24.3 Å². The minimum absolute atomic E-state index is 0.142. The first-order valence-electron chi connectivity index (χ1n) is 8.23. The summed E-state index contributed by atoms with van der Waals surface area (Å²) in [5.74, 6) is -0.264. The molecule has 2 aromatic carbocycles. The van der Waals surface area contributed by atoms with Gasteiger partial charge in [0.2, 0.25) is 0 Å². The summed E-state index contributed by atoms with van der Waals surface area (Å²) in [4.78, 5) is 0.314. The van der Waals surface area contributed by atoms with E-state index < -0.39 is 20.6 Å². The minimum atomic E-state index is -3.52. The van der Waals surface area contributed by atoms with E-state index in [0.717, 1.165) is 17.5 Å². The predicted molar refractivity (Wildman–Crippen MR) is 96.7 cm³/mol. The van der Waals surface area contributed by atoms with Crippen LogP contribution in [0.2, 0.25) is 0 Å². The van der Waals surface area contributed by atoms with E-state index in [9.17, 15) is 8.42 Å². The number of rotatable bonds is 5. The van der Waals surface area contributed by atoms with Crippen LogP contribution in [-0.2, 0) is 16.3 Å². The maximum atomic E-state index is 13.1. The molecule has 4 N–H and O–H groups in total. The van der Waals surface area contributed by atoms with Crippen molar-refractivity contribution in [2.75, 3.05) is 6.54 Å². The van der Waals surface area contributed by atoms with Crippen LogP contribution < -0.4 is 11.5 Å². The largest absolute Gasteiger partial charge is 0.329 e. The zero-order valence-electron chi connectivity index (χ0n) is 14.1. The van der Waals surface area contributed by atoms with Crippen LogP contribution in [-0.4, -0.2) is 25.8 Å². The standard InChI is InChI=1S/C19H24N2O2S/c1-3-14-6-8-15(9-7-14)17-18(19(17,21)12-20)24(22,23)16-10-4-13(2)5-11-16/h4-11,17-18H,3,12,20-21H2,1-2H3/t17-,18+,19+/m0/s1. The summed E-state index contributed by atoms with van der Waals surface area (Å²) in [7, 11) is -3.52. The van der Waals surface area contributed by atoms with E-state index in [4.69, 9.17) is 11.5 Å². The minimum Gasteiger partial charge on any atom is -0.329 e. The van der Waals surface area contributed by atoms with E-state index in [-0.39, 0.29) is 12.5 Å². The van der Waals surface area contributed by atoms with Crippen molar-refractivity contribution >= 4 is 9.84 Å². The summed E-state index contributed by atoms with van der Waals surface area (Å²) in [6, 6.07) is 14.9. The van der Waals surface area contributed by atoms with Crippen molar-refractivity contribution in [1.82, 2.24) is 0 Å². The number of hydrogen-bond donors (Lipinski definition) is 2. The van der Waals surface area contributed by atoms with Crippen molar-refractivity contribution in [3.63, 3.8) is 0 Å². The smallest absolute Gasteiger partial charge is 0.183 e. The molecule has 2 aromatic rings. The summed E-state index contributed by atoms with van der Waals surface area (Å²) in [6.45, 7) is 4.16. The Balaban J connectivity index is 1.98. The van der Waals surface area contributed by atoms with Gasteiger partial charge in [-0.3, -0.25) is 0 Å². The van der Waals surface area contributed by atoms with Gasteiger partial charge in [0.25, 0.3) is 0 Å².